The van der Waals surface area contributed by atoms with Crippen molar-refractivity contribution in [2.75, 3.05) is 18.0 Å². The average Bonchev–Trinajstić information content (AvgIpc) is 3.27. The van der Waals surface area contributed by atoms with Gasteiger partial charge in [0, 0.05) is 36.8 Å². The van der Waals surface area contributed by atoms with Crippen molar-refractivity contribution in [3.8, 4) is 0 Å². The fraction of sp³-hybridized carbons (Fsp3) is 0.500. The van der Waals surface area contributed by atoms with E-state index in [2.05, 4.69) is 5.32 Å². The quantitative estimate of drug-likeness (QED) is 0.866. The van der Waals surface area contributed by atoms with E-state index >= 15 is 0 Å². The Morgan fingerprint density at radius 2 is 2.00 bits per heavy atom. The third-order valence-corrected chi connectivity index (χ3v) is 4.24. The average molecular weight is 324 g/mol. The molecule has 1 unspecified atom stereocenters. The molecule has 1 aliphatic heterocycles. The van der Waals surface area contributed by atoms with Crippen LogP contribution in [-0.4, -0.2) is 30.9 Å². The third kappa shape index (κ3) is 3.78. The Morgan fingerprint density at radius 1 is 1.32 bits per heavy atom. The van der Waals surface area contributed by atoms with Crippen LogP contribution in [0.1, 0.15) is 36.0 Å². The predicted octanol–water partition coefficient (Wildman–Crippen LogP) is 1.70. The van der Waals surface area contributed by atoms with Crippen molar-refractivity contribution >= 4 is 29.9 Å². The number of halogens is 1. The number of carbonyl (C=O) groups excluding carboxylic acids is 2. The number of hydrogen-bond acceptors (Lipinski definition) is 3. The number of nitrogens with zero attached hydrogens (tertiary/aromatic N) is 1. The zero-order valence-electron chi connectivity index (χ0n) is 12.5. The van der Waals surface area contributed by atoms with Crippen LogP contribution in [0.3, 0.4) is 0 Å². The van der Waals surface area contributed by atoms with Crippen LogP contribution in [0, 0.1) is 5.92 Å². The molecule has 2 fully saturated rings. The topological polar surface area (TPSA) is 75.4 Å². The van der Waals surface area contributed by atoms with E-state index in [0.717, 1.165) is 18.7 Å². The summed E-state index contributed by atoms with van der Waals surface area (Å²) in [5.74, 6) is 0.627. The maximum absolute atomic E-state index is 12.0. The van der Waals surface area contributed by atoms with Gasteiger partial charge in [-0.25, -0.2) is 0 Å². The Bertz CT molecular complexity index is 543. The first kappa shape index (κ1) is 16.8. The highest BCUT2D eigenvalue weighted by atomic mass is 35.5. The molecule has 120 valence electrons. The lowest BCUT2D eigenvalue weighted by Gasteiger charge is -2.16. The number of nitrogens with two attached hydrogens (primary N) is 1. The van der Waals surface area contributed by atoms with Gasteiger partial charge in [0.05, 0.1) is 0 Å². The first-order chi connectivity index (χ1) is 10.1. The Hall–Kier alpha value is -1.59. The summed E-state index contributed by atoms with van der Waals surface area (Å²) in [4.78, 5) is 25.5. The molecule has 1 saturated carbocycles. The van der Waals surface area contributed by atoms with E-state index in [4.69, 9.17) is 5.73 Å². The van der Waals surface area contributed by atoms with Gasteiger partial charge in [-0.15, -0.1) is 12.4 Å². The number of carbonyl (C=O) groups is 2. The number of hydrogen-bond donors (Lipinski definition) is 2. The highest BCUT2D eigenvalue weighted by Gasteiger charge is 2.28. The van der Waals surface area contributed by atoms with E-state index in [-0.39, 0.29) is 30.3 Å². The molecule has 1 aromatic rings. The second-order valence-corrected chi connectivity index (χ2v) is 5.91. The van der Waals surface area contributed by atoms with Gasteiger partial charge in [0.15, 0.2) is 0 Å². The van der Waals surface area contributed by atoms with Crippen LogP contribution < -0.4 is 16.0 Å². The minimum Gasteiger partial charge on any atom is -0.350 e. The zero-order valence-corrected chi connectivity index (χ0v) is 13.3. The number of benzene rings is 1. The van der Waals surface area contributed by atoms with Gasteiger partial charge in [0.25, 0.3) is 5.91 Å². The fourth-order valence-corrected chi connectivity index (χ4v) is 2.72. The van der Waals surface area contributed by atoms with Gasteiger partial charge >= 0.3 is 0 Å². The monoisotopic (exact) mass is 323 g/mol. The molecule has 6 heteroatoms. The van der Waals surface area contributed by atoms with Crippen LogP contribution in [0.5, 0.6) is 0 Å². The van der Waals surface area contributed by atoms with Crippen molar-refractivity contribution in [2.45, 2.75) is 31.7 Å². The van der Waals surface area contributed by atoms with Crippen molar-refractivity contribution in [3.05, 3.63) is 29.8 Å². The molecule has 0 aromatic heterocycles. The van der Waals surface area contributed by atoms with E-state index in [1.54, 1.807) is 17.0 Å². The number of amides is 2. The predicted molar refractivity (Wildman–Crippen MR) is 88.3 cm³/mol. The van der Waals surface area contributed by atoms with E-state index in [1.165, 1.54) is 12.8 Å². The molecule has 1 atom stereocenters. The number of rotatable bonds is 5. The van der Waals surface area contributed by atoms with Crippen LogP contribution in [0.15, 0.2) is 24.3 Å². The maximum Gasteiger partial charge on any atom is 0.251 e. The molecule has 1 heterocycles. The molecule has 3 N–H and O–H groups in total. The van der Waals surface area contributed by atoms with E-state index < -0.39 is 0 Å². The Morgan fingerprint density at radius 3 is 2.55 bits per heavy atom. The summed E-state index contributed by atoms with van der Waals surface area (Å²) < 4.78 is 0. The SMILES string of the molecule is Cl.NC(CNC(=O)c1ccc(N2CCCC2=O)cc1)C1CC1. The molecule has 0 spiro atoms. The second kappa shape index (κ2) is 7.11. The van der Waals surface area contributed by atoms with Crippen molar-refractivity contribution in [1.29, 1.82) is 0 Å². The van der Waals surface area contributed by atoms with Gasteiger partial charge in [-0.3, -0.25) is 9.59 Å². The molecule has 2 aliphatic rings. The minimum atomic E-state index is -0.106. The van der Waals surface area contributed by atoms with Gasteiger partial charge in [-0.2, -0.15) is 0 Å². The molecule has 2 amide bonds. The molecular formula is C16H22ClN3O2. The zero-order chi connectivity index (χ0) is 14.8. The van der Waals surface area contributed by atoms with Crippen LogP contribution in [0.2, 0.25) is 0 Å². The van der Waals surface area contributed by atoms with Crippen LogP contribution >= 0.6 is 12.4 Å². The Kier molecular flexibility index (Phi) is 5.42. The molecule has 1 aromatic carbocycles. The number of nitrogens with one attached hydrogen (secondary N) is 1. The molecule has 5 nitrogen and oxygen atoms in total. The third-order valence-electron chi connectivity index (χ3n) is 4.24. The summed E-state index contributed by atoms with van der Waals surface area (Å²) in [5.41, 5.74) is 7.44. The molecule has 0 radical (unpaired) electrons. The van der Waals surface area contributed by atoms with E-state index in [0.29, 0.717) is 24.4 Å². The summed E-state index contributed by atoms with van der Waals surface area (Å²) in [5, 5.41) is 2.87. The first-order valence-corrected chi connectivity index (χ1v) is 7.59. The summed E-state index contributed by atoms with van der Waals surface area (Å²) >= 11 is 0. The molecule has 1 aliphatic carbocycles. The Labute approximate surface area is 136 Å². The fourth-order valence-electron chi connectivity index (χ4n) is 2.72. The van der Waals surface area contributed by atoms with Crippen molar-refractivity contribution in [1.82, 2.24) is 5.32 Å². The lowest BCUT2D eigenvalue weighted by molar-refractivity contribution is -0.117. The molecule has 1 saturated heterocycles. The van der Waals surface area contributed by atoms with E-state index in [1.807, 2.05) is 12.1 Å². The van der Waals surface area contributed by atoms with Gasteiger partial charge in [-0.1, -0.05) is 0 Å². The summed E-state index contributed by atoms with van der Waals surface area (Å²) in [6.45, 7) is 1.29. The lowest BCUT2D eigenvalue weighted by atomic mass is 10.1. The van der Waals surface area contributed by atoms with Crippen LogP contribution in [-0.2, 0) is 4.79 Å². The summed E-state index contributed by atoms with van der Waals surface area (Å²) in [7, 11) is 0. The smallest absolute Gasteiger partial charge is 0.251 e. The highest BCUT2D eigenvalue weighted by Crippen LogP contribution is 2.31. The van der Waals surface area contributed by atoms with E-state index in [9.17, 15) is 9.59 Å². The van der Waals surface area contributed by atoms with Crippen molar-refractivity contribution in [3.63, 3.8) is 0 Å². The van der Waals surface area contributed by atoms with Crippen molar-refractivity contribution < 1.29 is 9.59 Å². The normalized spacial score (nSPS) is 18.8. The van der Waals surface area contributed by atoms with Gasteiger partial charge < -0.3 is 16.0 Å². The molecule has 22 heavy (non-hydrogen) atoms. The first-order valence-electron chi connectivity index (χ1n) is 7.59. The Balaban J connectivity index is 0.00000176. The summed E-state index contributed by atoms with van der Waals surface area (Å²) in [6.07, 6.45) is 3.87. The largest absolute Gasteiger partial charge is 0.350 e. The summed E-state index contributed by atoms with van der Waals surface area (Å²) in [6, 6.07) is 7.26. The van der Waals surface area contributed by atoms with Gasteiger partial charge in [-0.05, 0) is 49.4 Å². The highest BCUT2D eigenvalue weighted by molar-refractivity contribution is 5.97. The van der Waals surface area contributed by atoms with Gasteiger partial charge in [0.1, 0.15) is 0 Å². The van der Waals surface area contributed by atoms with Crippen molar-refractivity contribution in [2.24, 2.45) is 11.7 Å². The van der Waals surface area contributed by atoms with Crippen LogP contribution in [0.4, 0.5) is 5.69 Å². The second-order valence-electron chi connectivity index (χ2n) is 5.91. The molecule has 3 rings (SSSR count). The lowest BCUT2D eigenvalue weighted by Crippen LogP contribution is -2.38. The molecular weight excluding hydrogens is 302 g/mol. The maximum atomic E-state index is 12.0. The van der Waals surface area contributed by atoms with Gasteiger partial charge in [0.2, 0.25) is 5.91 Å². The number of anilines is 1. The molecule has 0 bridgehead atoms. The van der Waals surface area contributed by atoms with Crippen LogP contribution in [0.25, 0.3) is 0 Å². The standard InChI is InChI=1S/C16H21N3O2.ClH/c17-14(11-3-4-11)10-18-16(21)12-5-7-13(8-6-12)19-9-1-2-15(19)20;/h5-8,11,14H,1-4,9-10,17H2,(H,18,21);1H. The minimum absolute atomic E-state index is 0.